The van der Waals surface area contributed by atoms with Crippen molar-refractivity contribution in [3.05, 3.63) is 23.8 Å². The van der Waals surface area contributed by atoms with Crippen LogP contribution in [-0.2, 0) is 0 Å². The summed E-state index contributed by atoms with van der Waals surface area (Å²) in [5.74, 6) is 0.890. The predicted molar refractivity (Wildman–Crippen MR) is 87.1 cm³/mol. The van der Waals surface area contributed by atoms with Crippen LogP contribution in [0.2, 0.25) is 0 Å². The standard InChI is InChI=1S/C15H22N2O3S/c1-5-19-11-8-7-10(9-12(11)20-6-2)13(18)17-15(3,4)14(16)21/h7-9H,5-6H2,1-4H3,(H2,16,21)(H,17,18). The van der Waals surface area contributed by atoms with Gasteiger partial charge in [0.2, 0.25) is 0 Å². The van der Waals surface area contributed by atoms with Crippen LogP contribution in [-0.4, -0.2) is 29.6 Å². The molecule has 0 fully saturated rings. The Hall–Kier alpha value is -1.82. The maximum absolute atomic E-state index is 12.3. The quantitative estimate of drug-likeness (QED) is 0.756. The Bertz CT molecular complexity index is 530. The van der Waals surface area contributed by atoms with Crippen LogP contribution in [0.5, 0.6) is 11.5 Å². The van der Waals surface area contributed by atoms with E-state index < -0.39 is 5.54 Å². The summed E-state index contributed by atoms with van der Waals surface area (Å²) in [6, 6.07) is 5.05. The highest BCUT2D eigenvalue weighted by Crippen LogP contribution is 2.28. The molecule has 3 N–H and O–H groups in total. The minimum atomic E-state index is -0.753. The van der Waals surface area contributed by atoms with Crippen molar-refractivity contribution in [3.63, 3.8) is 0 Å². The van der Waals surface area contributed by atoms with Crippen molar-refractivity contribution in [1.29, 1.82) is 0 Å². The number of nitrogens with one attached hydrogen (secondary N) is 1. The summed E-state index contributed by atoms with van der Waals surface area (Å²) < 4.78 is 11.0. The Morgan fingerprint density at radius 1 is 1.24 bits per heavy atom. The largest absolute Gasteiger partial charge is 0.490 e. The SMILES string of the molecule is CCOc1ccc(C(=O)NC(C)(C)C(N)=S)cc1OCC. The van der Waals surface area contributed by atoms with Crippen LogP contribution in [0.4, 0.5) is 0 Å². The van der Waals surface area contributed by atoms with Gasteiger partial charge in [-0.3, -0.25) is 4.79 Å². The number of rotatable bonds is 7. The lowest BCUT2D eigenvalue weighted by Crippen LogP contribution is -2.52. The van der Waals surface area contributed by atoms with Gasteiger partial charge < -0.3 is 20.5 Å². The molecular weight excluding hydrogens is 288 g/mol. The maximum atomic E-state index is 12.3. The molecule has 0 aromatic heterocycles. The van der Waals surface area contributed by atoms with Gasteiger partial charge in [-0.2, -0.15) is 0 Å². The Labute approximate surface area is 130 Å². The van der Waals surface area contributed by atoms with E-state index in [-0.39, 0.29) is 10.9 Å². The van der Waals surface area contributed by atoms with Gasteiger partial charge in [0.25, 0.3) is 5.91 Å². The van der Waals surface area contributed by atoms with Gasteiger partial charge in [0.1, 0.15) is 0 Å². The number of hydrogen-bond acceptors (Lipinski definition) is 4. The second-order valence-electron chi connectivity index (χ2n) is 4.97. The lowest BCUT2D eigenvalue weighted by atomic mass is 10.0. The van der Waals surface area contributed by atoms with Gasteiger partial charge in [-0.05, 0) is 45.9 Å². The van der Waals surface area contributed by atoms with Crippen LogP contribution in [0.15, 0.2) is 18.2 Å². The lowest BCUT2D eigenvalue weighted by Gasteiger charge is -2.25. The van der Waals surface area contributed by atoms with Crippen LogP contribution < -0.4 is 20.5 Å². The van der Waals surface area contributed by atoms with Gasteiger partial charge in [-0.15, -0.1) is 0 Å². The van der Waals surface area contributed by atoms with Gasteiger partial charge in [-0.25, -0.2) is 0 Å². The number of amides is 1. The molecule has 0 unspecified atom stereocenters. The molecule has 1 rings (SSSR count). The Morgan fingerprint density at radius 3 is 2.33 bits per heavy atom. The van der Waals surface area contributed by atoms with Crippen molar-refractivity contribution >= 4 is 23.1 Å². The first-order valence-electron chi connectivity index (χ1n) is 6.83. The fraction of sp³-hybridized carbons (Fsp3) is 0.467. The third-order valence-electron chi connectivity index (χ3n) is 2.85. The number of benzene rings is 1. The van der Waals surface area contributed by atoms with E-state index in [2.05, 4.69) is 5.32 Å². The average Bonchev–Trinajstić information content (AvgIpc) is 2.40. The van der Waals surface area contributed by atoms with Crippen molar-refractivity contribution in [3.8, 4) is 11.5 Å². The van der Waals surface area contributed by atoms with Crippen LogP contribution in [0.1, 0.15) is 38.1 Å². The molecule has 1 aromatic carbocycles. The van der Waals surface area contributed by atoms with Crippen molar-refractivity contribution < 1.29 is 14.3 Å². The van der Waals surface area contributed by atoms with E-state index in [1.807, 2.05) is 13.8 Å². The summed E-state index contributed by atoms with van der Waals surface area (Å²) in [5.41, 5.74) is 5.32. The third-order valence-corrected chi connectivity index (χ3v) is 3.36. The van der Waals surface area contributed by atoms with Gasteiger partial charge in [0.15, 0.2) is 11.5 Å². The Balaban J connectivity index is 3.00. The molecule has 0 spiro atoms. The summed E-state index contributed by atoms with van der Waals surface area (Å²) in [6.45, 7) is 8.29. The second-order valence-corrected chi connectivity index (χ2v) is 5.41. The predicted octanol–water partition coefficient (Wildman–Crippen LogP) is 2.28. The normalized spacial score (nSPS) is 10.9. The molecule has 0 radical (unpaired) electrons. The molecular formula is C15H22N2O3S. The molecule has 1 aromatic rings. The number of hydrogen-bond donors (Lipinski definition) is 2. The molecule has 0 aliphatic heterocycles. The van der Waals surface area contributed by atoms with Gasteiger partial charge >= 0.3 is 0 Å². The van der Waals surface area contributed by atoms with Crippen LogP contribution in [0.25, 0.3) is 0 Å². The van der Waals surface area contributed by atoms with Crippen molar-refractivity contribution in [2.45, 2.75) is 33.2 Å². The number of ether oxygens (including phenoxy) is 2. The van der Waals surface area contributed by atoms with E-state index in [4.69, 9.17) is 27.4 Å². The summed E-state index contributed by atoms with van der Waals surface area (Å²) >= 11 is 4.94. The van der Waals surface area contributed by atoms with E-state index in [0.29, 0.717) is 30.3 Å². The van der Waals surface area contributed by atoms with E-state index in [1.54, 1.807) is 32.0 Å². The molecule has 21 heavy (non-hydrogen) atoms. The summed E-state index contributed by atoms with van der Waals surface area (Å²) in [4.78, 5) is 12.5. The number of thiocarbonyl (C=S) groups is 1. The zero-order valence-corrected chi connectivity index (χ0v) is 13.7. The number of nitrogens with two attached hydrogens (primary N) is 1. The lowest BCUT2D eigenvalue weighted by molar-refractivity contribution is 0.0931. The summed E-state index contributed by atoms with van der Waals surface area (Å²) in [7, 11) is 0. The first-order valence-corrected chi connectivity index (χ1v) is 7.24. The average molecular weight is 310 g/mol. The fourth-order valence-corrected chi connectivity index (χ4v) is 1.66. The van der Waals surface area contributed by atoms with Crippen LogP contribution >= 0.6 is 12.2 Å². The van der Waals surface area contributed by atoms with E-state index >= 15 is 0 Å². The molecule has 0 bridgehead atoms. The molecule has 0 heterocycles. The smallest absolute Gasteiger partial charge is 0.252 e. The third kappa shape index (κ3) is 4.60. The highest BCUT2D eigenvalue weighted by atomic mass is 32.1. The molecule has 6 heteroatoms. The Kier molecular flexibility index (Phi) is 5.96. The van der Waals surface area contributed by atoms with E-state index in [9.17, 15) is 4.79 Å². The zero-order chi connectivity index (χ0) is 16.0. The van der Waals surface area contributed by atoms with Crippen molar-refractivity contribution in [2.75, 3.05) is 13.2 Å². The molecule has 116 valence electrons. The van der Waals surface area contributed by atoms with Crippen LogP contribution in [0.3, 0.4) is 0 Å². The Morgan fingerprint density at radius 2 is 1.81 bits per heavy atom. The van der Waals surface area contributed by atoms with Gasteiger partial charge in [-0.1, -0.05) is 12.2 Å². The monoisotopic (exact) mass is 310 g/mol. The summed E-state index contributed by atoms with van der Waals surface area (Å²) in [5, 5.41) is 2.79. The molecule has 1 amide bonds. The van der Waals surface area contributed by atoms with Gasteiger partial charge in [0.05, 0.1) is 23.7 Å². The number of carbonyl (C=O) groups excluding carboxylic acids is 1. The van der Waals surface area contributed by atoms with Crippen LogP contribution in [0, 0.1) is 0 Å². The molecule has 0 atom stereocenters. The van der Waals surface area contributed by atoms with E-state index in [0.717, 1.165) is 0 Å². The second kappa shape index (κ2) is 7.26. The first kappa shape index (κ1) is 17.2. The van der Waals surface area contributed by atoms with Crippen molar-refractivity contribution in [1.82, 2.24) is 5.32 Å². The van der Waals surface area contributed by atoms with E-state index in [1.165, 1.54) is 0 Å². The molecule has 0 saturated heterocycles. The topological polar surface area (TPSA) is 73.6 Å². The molecule has 0 aliphatic rings. The minimum Gasteiger partial charge on any atom is -0.490 e. The fourth-order valence-electron chi connectivity index (χ4n) is 1.61. The first-order chi connectivity index (χ1) is 9.81. The zero-order valence-electron chi connectivity index (χ0n) is 12.9. The summed E-state index contributed by atoms with van der Waals surface area (Å²) in [6.07, 6.45) is 0. The number of carbonyl (C=O) groups is 1. The van der Waals surface area contributed by atoms with Crippen molar-refractivity contribution in [2.24, 2.45) is 5.73 Å². The minimum absolute atomic E-state index is 0.229. The highest BCUT2D eigenvalue weighted by Gasteiger charge is 2.24. The molecule has 5 nitrogen and oxygen atoms in total. The molecule has 0 saturated carbocycles. The maximum Gasteiger partial charge on any atom is 0.252 e. The molecule has 0 aliphatic carbocycles. The highest BCUT2D eigenvalue weighted by molar-refractivity contribution is 7.80. The van der Waals surface area contributed by atoms with Gasteiger partial charge in [0, 0.05) is 5.56 Å².